The van der Waals surface area contributed by atoms with Gasteiger partial charge in [0, 0.05) is 0 Å². The lowest BCUT2D eigenvalue weighted by molar-refractivity contribution is -1.26. The molecule has 0 N–H and O–H groups in total. The van der Waals surface area contributed by atoms with Gasteiger partial charge in [0.1, 0.15) is 0 Å². The zero-order valence-electron chi connectivity index (χ0n) is 5.49. The summed E-state index contributed by atoms with van der Waals surface area (Å²) in [6.45, 7) is 0. The van der Waals surface area contributed by atoms with Crippen LogP contribution >= 0.6 is 0 Å². The summed E-state index contributed by atoms with van der Waals surface area (Å²) in [7, 11) is 0. The molecule has 0 bridgehead atoms. The second-order valence-corrected chi connectivity index (χ2v) is 2.38. The van der Waals surface area contributed by atoms with Crippen molar-refractivity contribution in [3.8, 4) is 0 Å². The molecule has 58 valence electrons. The number of hydrogen-bond donors (Lipinski definition) is 0. The summed E-state index contributed by atoms with van der Waals surface area (Å²) in [5, 5.41) is 0. The average molecular weight is 217 g/mol. The molecule has 1 aromatic rings. The summed E-state index contributed by atoms with van der Waals surface area (Å²) in [5.41, 5.74) is 0.414. The van der Waals surface area contributed by atoms with Crippen LogP contribution in [0.1, 0.15) is 10.4 Å². The largest absolute Gasteiger partial charge is 0.541 e. The summed E-state index contributed by atoms with van der Waals surface area (Å²) < 4.78 is 14.2. The molecule has 0 unspecified atom stereocenters. The standard InChI is InChI=1S/C7H5BrO3/c9-7(11-8-10)6-4-2-1-3-5-6/h1-5H. The fraction of sp³-hybridized carbons (Fsp3) is 0. The molecule has 0 aliphatic heterocycles. The van der Waals surface area contributed by atoms with E-state index in [9.17, 15) is 8.99 Å². The highest BCUT2D eigenvalue weighted by Gasteiger charge is 2.10. The van der Waals surface area contributed by atoms with Crippen LogP contribution in [-0.2, 0) is 3.83 Å². The molecule has 0 heterocycles. The van der Waals surface area contributed by atoms with Crippen LogP contribution in [0.3, 0.4) is 0 Å². The molecule has 0 aromatic heterocycles. The Labute approximate surface area is 70.7 Å². The highest BCUT2D eigenvalue weighted by Crippen LogP contribution is 1.99. The maximum absolute atomic E-state index is 10.8. The lowest BCUT2D eigenvalue weighted by Gasteiger charge is -1.90. The normalized spacial score (nSPS) is 9.18. The van der Waals surface area contributed by atoms with E-state index in [1.54, 1.807) is 30.3 Å². The van der Waals surface area contributed by atoms with Crippen LogP contribution in [0.15, 0.2) is 30.3 Å². The molecule has 4 heteroatoms. The number of benzene rings is 1. The van der Waals surface area contributed by atoms with E-state index in [0.717, 1.165) is 0 Å². The Hall–Kier alpha value is -0.870. The monoisotopic (exact) mass is 216 g/mol. The molecule has 0 aliphatic carbocycles. The van der Waals surface area contributed by atoms with Crippen molar-refractivity contribution in [2.75, 3.05) is 0 Å². The van der Waals surface area contributed by atoms with Crippen LogP contribution in [0.4, 0.5) is 0 Å². The van der Waals surface area contributed by atoms with Gasteiger partial charge in [0.15, 0.2) is 0 Å². The molecule has 0 saturated heterocycles. The van der Waals surface area contributed by atoms with Crippen molar-refractivity contribution >= 4 is 5.97 Å². The maximum Gasteiger partial charge on any atom is 0.485 e. The zero-order chi connectivity index (χ0) is 8.10. The first-order valence-electron chi connectivity index (χ1n) is 2.88. The van der Waals surface area contributed by atoms with E-state index < -0.39 is 21.5 Å². The van der Waals surface area contributed by atoms with Crippen molar-refractivity contribution in [2.24, 2.45) is 0 Å². The summed E-state index contributed by atoms with van der Waals surface area (Å²) >= 11 is -1.06. The van der Waals surface area contributed by atoms with Crippen LogP contribution in [0.2, 0.25) is 0 Å². The van der Waals surface area contributed by atoms with Crippen LogP contribution in [0.25, 0.3) is 0 Å². The predicted octanol–water partition coefficient (Wildman–Crippen LogP) is 0.119. The highest BCUT2D eigenvalue weighted by molar-refractivity contribution is 5.88. The van der Waals surface area contributed by atoms with Crippen molar-refractivity contribution in [1.29, 1.82) is 0 Å². The zero-order valence-corrected chi connectivity index (χ0v) is 7.08. The Balaban J connectivity index is 2.69. The minimum absolute atomic E-state index is 0.414. The number of rotatable bonds is 2. The Kier molecular flexibility index (Phi) is 3.07. The molecule has 1 aromatic carbocycles. The first kappa shape index (κ1) is 8.23. The molecule has 0 atom stereocenters. The molecule has 3 nitrogen and oxygen atoms in total. The molecule has 0 amide bonds. The van der Waals surface area contributed by atoms with E-state index in [-0.39, 0.29) is 0 Å². The molecular formula is C7H5BrO3. The lowest BCUT2D eigenvalue weighted by Crippen LogP contribution is -2.11. The minimum Gasteiger partial charge on any atom is -0.541 e. The van der Waals surface area contributed by atoms with Crippen molar-refractivity contribution in [3.63, 3.8) is 0 Å². The van der Waals surface area contributed by atoms with Crippen LogP contribution in [-0.4, -0.2) is 5.97 Å². The maximum atomic E-state index is 10.8. The summed E-state index contributed by atoms with van der Waals surface area (Å²) in [5.74, 6) is -0.555. The van der Waals surface area contributed by atoms with Gasteiger partial charge in [-0.3, -0.25) is 0 Å². The van der Waals surface area contributed by atoms with Gasteiger partial charge >= 0.3 is 21.5 Å². The third kappa shape index (κ3) is 2.32. The Morgan fingerprint density at radius 1 is 1.36 bits per heavy atom. The topological polar surface area (TPSA) is 49.4 Å². The molecule has 0 spiro atoms. The van der Waals surface area contributed by atoms with Gasteiger partial charge in [-0.1, -0.05) is 18.2 Å². The van der Waals surface area contributed by atoms with Crippen molar-refractivity contribution in [3.05, 3.63) is 35.9 Å². The number of hydrogen-bond acceptors (Lipinski definition) is 3. The van der Waals surface area contributed by atoms with E-state index >= 15 is 0 Å². The van der Waals surface area contributed by atoms with Crippen molar-refractivity contribution < 1.29 is 28.4 Å². The summed E-state index contributed by atoms with van der Waals surface area (Å²) in [6, 6.07) is 8.42. The molecule has 11 heavy (non-hydrogen) atoms. The average Bonchev–Trinajstić information content (AvgIpc) is 2.07. The van der Waals surface area contributed by atoms with Gasteiger partial charge in [-0.05, 0) is 12.1 Å². The van der Waals surface area contributed by atoms with E-state index in [0.29, 0.717) is 5.56 Å². The predicted molar refractivity (Wildman–Crippen MR) is 31.9 cm³/mol. The Morgan fingerprint density at radius 3 is 2.55 bits per heavy atom. The number of carbonyl (C=O) groups is 1. The quantitative estimate of drug-likeness (QED) is 0.706. The van der Waals surface area contributed by atoms with Crippen molar-refractivity contribution in [2.45, 2.75) is 0 Å². The molecule has 0 saturated carbocycles. The fourth-order valence-electron chi connectivity index (χ4n) is 0.647. The molecule has 0 fully saturated rings. The van der Waals surface area contributed by atoms with Gasteiger partial charge in [0.05, 0.1) is 5.56 Å². The van der Waals surface area contributed by atoms with Gasteiger partial charge in [0.2, 0.25) is 0 Å². The molecule has 0 aliphatic rings. The Bertz CT molecular complexity index is 235. The van der Waals surface area contributed by atoms with Gasteiger partial charge in [-0.15, -0.1) is 0 Å². The SMILES string of the molecule is O=C(O[Br+][O-])c1ccccc1. The third-order valence-corrected chi connectivity index (χ3v) is 1.54. The highest BCUT2D eigenvalue weighted by atomic mass is 79.9. The Morgan fingerprint density at radius 2 is 2.00 bits per heavy atom. The van der Waals surface area contributed by atoms with E-state index in [1.165, 1.54) is 0 Å². The van der Waals surface area contributed by atoms with E-state index in [4.69, 9.17) is 0 Å². The fourth-order valence-corrected chi connectivity index (χ4v) is 0.954. The first-order chi connectivity index (χ1) is 5.34. The van der Waals surface area contributed by atoms with Gasteiger partial charge in [0.25, 0.3) is 0 Å². The number of halogens is 1. The van der Waals surface area contributed by atoms with Crippen LogP contribution in [0, 0.1) is 15.5 Å². The van der Waals surface area contributed by atoms with E-state index in [2.05, 4.69) is 3.83 Å². The molecule has 0 radical (unpaired) electrons. The second-order valence-electron chi connectivity index (χ2n) is 1.79. The van der Waals surface area contributed by atoms with Crippen LogP contribution in [0.5, 0.6) is 0 Å². The first-order valence-corrected chi connectivity index (χ1v) is 4.17. The molecular weight excluding hydrogens is 212 g/mol. The van der Waals surface area contributed by atoms with E-state index in [1.807, 2.05) is 0 Å². The van der Waals surface area contributed by atoms with Gasteiger partial charge in [-0.25, -0.2) is 4.79 Å². The molecule has 1 rings (SSSR count). The number of carbonyl (C=O) groups excluding carboxylic acids is 1. The van der Waals surface area contributed by atoms with Gasteiger partial charge in [-0.2, -0.15) is 3.83 Å². The second kappa shape index (κ2) is 4.10. The van der Waals surface area contributed by atoms with Gasteiger partial charge < -0.3 is 4.20 Å². The summed E-state index contributed by atoms with van der Waals surface area (Å²) in [6.07, 6.45) is 0. The summed E-state index contributed by atoms with van der Waals surface area (Å²) in [4.78, 5) is 10.8. The van der Waals surface area contributed by atoms with Crippen LogP contribution < -0.4 is 4.20 Å². The van der Waals surface area contributed by atoms with Crippen molar-refractivity contribution in [1.82, 2.24) is 0 Å². The third-order valence-electron chi connectivity index (χ3n) is 1.11. The minimum atomic E-state index is -1.06. The smallest absolute Gasteiger partial charge is 0.485 e. The lowest BCUT2D eigenvalue weighted by atomic mass is 10.2.